The summed E-state index contributed by atoms with van der Waals surface area (Å²) in [5.74, 6) is -0.822. The molecule has 54 heavy (non-hydrogen) atoms. The summed E-state index contributed by atoms with van der Waals surface area (Å²) in [6.45, 7) is 5.82. The fourth-order valence-electron chi connectivity index (χ4n) is 6.88. The Morgan fingerprint density at radius 3 is 2.19 bits per heavy atom. The van der Waals surface area contributed by atoms with E-state index >= 15 is 0 Å². The third-order valence-electron chi connectivity index (χ3n) is 10.1. The minimum absolute atomic E-state index is 0.0778. The highest BCUT2D eigenvalue weighted by Gasteiger charge is 2.29. The maximum absolute atomic E-state index is 13.6. The molecule has 0 spiro atoms. The van der Waals surface area contributed by atoms with Gasteiger partial charge in [-0.1, -0.05) is 114 Å². The maximum atomic E-state index is 13.6. The van der Waals surface area contributed by atoms with Crippen LogP contribution in [0.1, 0.15) is 126 Å². The number of hydrogen-bond donors (Lipinski definition) is 2. The summed E-state index contributed by atoms with van der Waals surface area (Å²) in [7, 11) is 0. The van der Waals surface area contributed by atoms with Gasteiger partial charge in [-0.15, -0.1) is 0 Å². The number of primary amides is 1. The van der Waals surface area contributed by atoms with Gasteiger partial charge in [0.2, 0.25) is 5.91 Å². The zero-order chi connectivity index (χ0) is 38.4. The van der Waals surface area contributed by atoms with Gasteiger partial charge in [-0.25, -0.2) is 9.59 Å². The number of rotatable bonds is 25. The second-order valence-corrected chi connectivity index (χ2v) is 14.6. The van der Waals surface area contributed by atoms with E-state index in [1.165, 1.54) is 51.4 Å². The van der Waals surface area contributed by atoms with Crippen LogP contribution in [0, 0.1) is 0 Å². The van der Waals surface area contributed by atoms with Gasteiger partial charge in [-0.05, 0) is 42.9 Å². The number of ether oxygens (including phenoxy) is 2. The third-order valence-corrected chi connectivity index (χ3v) is 10.1. The lowest BCUT2D eigenvalue weighted by molar-refractivity contribution is -0.194. The molecule has 2 heterocycles. The monoisotopic (exact) mass is 750 g/mol. The van der Waals surface area contributed by atoms with E-state index in [2.05, 4.69) is 23.2 Å². The van der Waals surface area contributed by atoms with Crippen molar-refractivity contribution in [1.82, 2.24) is 15.1 Å². The molecule has 4 rings (SSSR count). The normalized spacial score (nSPS) is 15.2. The summed E-state index contributed by atoms with van der Waals surface area (Å²) in [5, 5.41) is 2.88. The molecule has 2 aromatic rings. The number of benzene rings is 2. The largest absolute Gasteiger partial charge is 0.461 e. The number of carbonyl (C=O) groups excluding carboxylic acids is 4. The van der Waals surface area contributed by atoms with Crippen LogP contribution in [0.15, 0.2) is 48.5 Å². The standard InChI is InChI=1S/C42H62N4O8/c1-2-3-4-5-6-7-8-9-10-11-15-19-36(29-39(43)47)53-41(49)37(20-16-21-40(48)51-31-33-17-13-12-14-18-33)44-42(50)46-26-24-45(25-27-46)30-34-22-23-35-32-52-54-38(35)28-34/h12-14,17-18,22-23,28,36-37H,2-11,15-16,19-21,24-27,29-32H2,1H3,(H2,43,47)(H,44,50)/t36-,37-/m0/s1. The van der Waals surface area contributed by atoms with Gasteiger partial charge in [0.15, 0.2) is 5.75 Å². The molecule has 3 amide bonds. The molecule has 0 aromatic heterocycles. The van der Waals surface area contributed by atoms with Gasteiger partial charge in [-0.3, -0.25) is 14.5 Å². The van der Waals surface area contributed by atoms with Crippen molar-refractivity contribution in [2.24, 2.45) is 5.73 Å². The molecule has 0 radical (unpaired) electrons. The van der Waals surface area contributed by atoms with Crippen LogP contribution < -0.4 is 15.9 Å². The van der Waals surface area contributed by atoms with Crippen molar-refractivity contribution in [2.45, 2.75) is 142 Å². The van der Waals surface area contributed by atoms with Crippen molar-refractivity contribution in [2.75, 3.05) is 26.2 Å². The highest BCUT2D eigenvalue weighted by Crippen LogP contribution is 2.27. The topological polar surface area (TPSA) is 150 Å². The molecule has 0 saturated carbocycles. The lowest BCUT2D eigenvalue weighted by Gasteiger charge is -2.35. The van der Waals surface area contributed by atoms with Crippen LogP contribution in [0.2, 0.25) is 0 Å². The zero-order valence-electron chi connectivity index (χ0n) is 32.3. The number of amides is 3. The first-order valence-electron chi connectivity index (χ1n) is 20.2. The number of nitrogens with two attached hydrogens (primary N) is 1. The summed E-state index contributed by atoms with van der Waals surface area (Å²) >= 11 is 0. The van der Waals surface area contributed by atoms with E-state index in [0.717, 1.165) is 41.7 Å². The van der Waals surface area contributed by atoms with E-state index in [0.29, 0.717) is 52.2 Å². The first-order valence-corrected chi connectivity index (χ1v) is 20.2. The fraction of sp³-hybridized carbons (Fsp3) is 0.619. The molecule has 1 fully saturated rings. The Labute approximate surface area is 321 Å². The Hall–Kier alpha value is -4.16. The van der Waals surface area contributed by atoms with Crippen molar-refractivity contribution in [3.8, 4) is 5.75 Å². The van der Waals surface area contributed by atoms with Gasteiger partial charge in [-0.2, -0.15) is 4.89 Å². The smallest absolute Gasteiger partial charge is 0.328 e. The molecule has 0 unspecified atom stereocenters. The number of esters is 2. The fourth-order valence-corrected chi connectivity index (χ4v) is 6.88. The number of piperazine rings is 1. The van der Waals surface area contributed by atoms with Gasteiger partial charge in [0.05, 0.1) is 6.42 Å². The molecule has 3 N–H and O–H groups in total. The minimum atomic E-state index is -1.00. The van der Waals surface area contributed by atoms with Crippen LogP contribution in [0.5, 0.6) is 5.75 Å². The average Bonchev–Trinajstić information content (AvgIpc) is 3.64. The lowest BCUT2D eigenvalue weighted by Crippen LogP contribution is -2.54. The molecule has 2 atom stereocenters. The number of nitrogens with zero attached hydrogens (tertiary/aromatic N) is 2. The van der Waals surface area contributed by atoms with Crippen molar-refractivity contribution in [1.29, 1.82) is 0 Å². The molecule has 12 heteroatoms. The molecule has 12 nitrogen and oxygen atoms in total. The summed E-state index contributed by atoms with van der Waals surface area (Å²) in [5.41, 5.74) is 8.55. The van der Waals surface area contributed by atoms with Crippen LogP contribution >= 0.6 is 0 Å². The van der Waals surface area contributed by atoms with Gasteiger partial charge >= 0.3 is 18.0 Å². The Kier molecular flexibility index (Phi) is 19.2. The molecule has 1 saturated heterocycles. The van der Waals surface area contributed by atoms with Crippen LogP contribution in [-0.2, 0) is 48.5 Å². The summed E-state index contributed by atoms with van der Waals surface area (Å²) < 4.78 is 11.3. The second kappa shape index (κ2) is 24.3. The first-order chi connectivity index (χ1) is 26.3. The molecule has 0 aliphatic carbocycles. The number of nitrogens with one attached hydrogen (secondary N) is 1. The van der Waals surface area contributed by atoms with Gasteiger partial charge in [0.1, 0.15) is 25.4 Å². The van der Waals surface area contributed by atoms with E-state index < -0.39 is 24.0 Å². The Morgan fingerprint density at radius 1 is 0.815 bits per heavy atom. The van der Waals surface area contributed by atoms with E-state index in [-0.39, 0.29) is 37.9 Å². The van der Waals surface area contributed by atoms with E-state index in [1.54, 1.807) is 4.90 Å². The Balaban J connectivity index is 1.25. The summed E-state index contributed by atoms with van der Waals surface area (Å²) in [6.07, 6.45) is 13.4. The van der Waals surface area contributed by atoms with Crippen LogP contribution in [0.3, 0.4) is 0 Å². The van der Waals surface area contributed by atoms with Crippen molar-refractivity contribution < 1.29 is 38.4 Å². The average molecular weight is 751 g/mol. The lowest BCUT2D eigenvalue weighted by atomic mass is 10.0. The number of hydrogen-bond acceptors (Lipinski definition) is 9. The van der Waals surface area contributed by atoms with Crippen molar-refractivity contribution in [3.63, 3.8) is 0 Å². The minimum Gasteiger partial charge on any atom is -0.461 e. The maximum Gasteiger partial charge on any atom is 0.328 e. The van der Waals surface area contributed by atoms with Gasteiger partial charge < -0.3 is 30.3 Å². The number of fused-ring (bicyclic) bond motifs is 1. The van der Waals surface area contributed by atoms with E-state index in [4.69, 9.17) is 25.0 Å². The van der Waals surface area contributed by atoms with Crippen LogP contribution in [0.4, 0.5) is 4.79 Å². The Morgan fingerprint density at radius 2 is 1.50 bits per heavy atom. The summed E-state index contributed by atoms with van der Waals surface area (Å²) in [4.78, 5) is 65.8. The van der Waals surface area contributed by atoms with E-state index in [1.807, 2.05) is 42.5 Å². The van der Waals surface area contributed by atoms with E-state index in [9.17, 15) is 19.2 Å². The second-order valence-electron chi connectivity index (χ2n) is 14.6. The number of unbranched alkanes of at least 4 members (excludes halogenated alkanes) is 10. The predicted octanol–water partition coefficient (Wildman–Crippen LogP) is 7.11. The van der Waals surface area contributed by atoms with Gasteiger partial charge in [0.25, 0.3) is 0 Å². The van der Waals surface area contributed by atoms with Gasteiger partial charge in [0, 0.05) is 44.7 Å². The molecular weight excluding hydrogens is 688 g/mol. The zero-order valence-corrected chi connectivity index (χ0v) is 32.3. The SMILES string of the molecule is CCCCCCCCCCCCC[C@@H](CC(N)=O)OC(=O)[C@H](CCCC(=O)OCc1ccccc1)NC(=O)N1CCN(Cc2ccc3c(c2)OOC3)CC1. The third kappa shape index (κ3) is 16.1. The highest BCUT2D eigenvalue weighted by atomic mass is 17.2. The highest BCUT2D eigenvalue weighted by molar-refractivity contribution is 5.84. The molecule has 0 bridgehead atoms. The van der Waals surface area contributed by atoms with Crippen LogP contribution in [0.25, 0.3) is 0 Å². The first kappa shape index (κ1) is 42.6. The summed E-state index contributed by atoms with van der Waals surface area (Å²) in [6, 6.07) is 14.1. The molecule has 298 valence electrons. The molecular formula is C42H62N4O8. The van der Waals surface area contributed by atoms with Crippen molar-refractivity contribution in [3.05, 3.63) is 65.2 Å². The molecule has 2 aliphatic heterocycles. The number of carbonyl (C=O) groups is 4. The predicted molar refractivity (Wildman–Crippen MR) is 206 cm³/mol. The Bertz CT molecular complexity index is 1430. The van der Waals surface area contributed by atoms with Crippen molar-refractivity contribution >= 4 is 23.9 Å². The van der Waals surface area contributed by atoms with Crippen LogP contribution in [-0.4, -0.2) is 72.0 Å². The molecule has 2 aliphatic rings. The number of urea groups is 1. The molecule has 2 aromatic carbocycles. The quantitative estimate of drug-likeness (QED) is 0.0615.